The number of benzene rings is 1. The molecule has 1 aromatic carbocycles. The number of aromatic hydroxyl groups is 2. The normalized spacial score (nSPS) is 11.3. The summed E-state index contributed by atoms with van der Waals surface area (Å²) in [6, 6.07) is 3.75. The Hall–Kier alpha value is -2.61. The first kappa shape index (κ1) is 13.8. The Morgan fingerprint density at radius 3 is 2.75 bits per heavy atom. The number of hydrogen-bond acceptors (Lipinski definition) is 7. The van der Waals surface area contributed by atoms with Crippen LogP contribution in [-0.4, -0.2) is 32.0 Å². The summed E-state index contributed by atoms with van der Waals surface area (Å²) in [6.45, 7) is 1.58. The molecule has 0 saturated carbocycles. The van der Waals surface area contributed by atoms with Gasteiger partial charge in [0.15, 0.2) is 16.6 Å². The number of phenols is 2. The summed E-state index contributed by atoms with van der Waals surface area (Å²) in [5, 5.41) is 34.7. The fourth-order valence-electron chi connectivity index (χ4n) is 1.38. The zero-order valence-electron chi connectivity index (χ0n) is 10.4. The Morgan fingerprint density at radius 2 is 2.10 bits per heavy atom. The van der Waals surface area contributed by atoms with Crippen molar-refractivity contribution in [3.05, 3.63) is 34.8 Å². The van der Waals surface area contributed by atoms with E-state index < -0.39 is 5.91 Å². The molecule has 0 fully saturated rings. The van der Waals surface area contributed by atoms with Gasteiger partial charge in [-0.15, -0.1) is 11.3 Å². The molecule has 2 rings (SSSR count). The van der Waals surface area contributed by atoms with Gasteiger partial charge in [0.1, 0.15) is 11.4 Å². The first-order valence-corrected chi connectivity index (χ1v) is 6.37. The molecular weight excluding hydrogens is 282 g/mol. The summed E-state index contributed by atoms with van der Waals surface area (Å²) in [5.41, 5.74) is 0.981. The van der Waals surface area contributed by atoms with Crippen LogP contribution in [-0.2, 0) is 0 Å². The number of thiazole rings is 1. The van der Waals surface area contributed by atoms with Crippen LogP contribution in [0.5, 0.6) is 11.5 Å². The lowest BCUT2D eigenvalue weighted by Crippen LogP contribution is -2.11. The lowest BCUT2D eigenvalue weighted by molar-refractivity contribution is 0.102. The van der Waals surface area contributed by atoms with Crippen LogP contribution in [0.3, 0.4) is 0 Å². The second-order valence-electron chi connectivity index (χ2n) is 3.88. The van der Waals surface area contributed by atoms with Crippen LogP contribution >= 0.6 is 11.3 Å². The monoisotopic (exact) mass is 293 g/mol. The molecule has 0 radical (unpaired) electrons. The lowest BCUT2D eigenvalue weighted by Gasteiger charge is -2.03. The van der Waals surface area contributed by atoms with E-state index in [0.717, 1.165) is 6.07 Å². The van der Waals surface area contributed by atoms with E-state index in [1.807, 2.05) is 0 Å². The molecule has 7 nitrogen and oxygen atoms in total. The quantitative estimate of drug-likeness (QED) is 0.299. The van der Waals surface area contributed by atoms with Crippen LogP contribution in [0.4, 0.5) is 5.13 Å². The molecule has 2 aromatic rings. The maximum atomic E-state index is 11.9. The first-order chi connectivity index (χ1) is 9.51. The molecule has 0 aliphatic rings. The van der Waals surface area contributed by atoms with Gasteiger partial charge in [-0.2, -0.15) is 0 Å². The standard InChI is InChI=1S/C12H11N3O4S/c1-6(15-19)8-5-20-12(13-8)14-11(18)7-2-3-9(16)10(17)4-7/h2-5,16-17,19H,1H3,(H,13,14,18)/b15-6-. The van der Waals surface area contributed by atoms with E-state index in [-0.39, 0.29) is 17.1 Å². The summed E-state index contributed by atoms with van der Waals surface area (Å²) in [4.78, 5) is 16.0. The number of oxime groups is 1. The smallest absolute Gasteiger partial charge is 0.257 e. The molecule has 0 aliphatic heterocycles. The maximum absolute atomic E-state index is 11.9. The molecule has 0 atom stereocenters. The summed E-state index contributed by atoms with van der Waals surface area (Å²) in [7, 11) is 0. The SMILES string of the molecule is C/C(=N/O)c1csc(NC(=O)c2ccc(O)c(O)c2)n1. The van der Waals surface area contributed by atoms with E-state index in [9.17, 15) is 15.0 Å². The van der Waals surface area contributed by atoms with E-state index in [4.69, 9.17) is 5.21 Å². The van der Waals surface area contributed by atoms with Crippen molar-refractivity contribution in [3.63, 3.8) is 0 Å². The molecule has 0 spiro atoms. The number of aromatic nitrogens is 1. The Labute approximate surface area is 117 Å². The van der Waals surface area contributed by atoms with Gasteiger partial charge in [-0.1, -0.05) is 5.16 Å². The van der Waals surface area contributed by atoms with Gasteiger partial charge >= 0.3 is 0 Å². The second kappa shape index (κ2) is 5.57. The highest BCUT2D eigenvalue weighted by molar-refractivity contribution is 7.14. The van der Waals surface area contributed by atoms with Gasteiger partial charge in [0.05, 0.1) is 0 Å². The van der Waals surface area contributed by atoms with Crippen molar-refractivity contribution >= 4 is 28.1 Å². The Balaban J connectivity index is 2.15. The molecule has 1 aromatic heterocycles. The number of hydrogen-bond donors (Lipinski definition) is 4. The largest absolute Gasteiger partial charge is 0.504 e. The predicted molar refractivity (Wildman–Crippen MR) is 73.8 cm³/mol. The molecule has 0 aliphatic carbocycles. The lowest BCUT2D eigenvalue weighted by atomic mass is 10.2. The molecule has 0 bridgehead atoms. The maximum Gasteiger partial charge on any atom is 0.257 e. The average Bonchev–Trinajstić information content (AvgIpc) is 2.89. The fourth-order valence-corrected chi connectivity index (χ4v) is 2.13. The highest BCUT2D eigenvalue weighted by Gasteiger charge is 2.12. The van der Waals surface area contributed by atoms with Crippen molar-refractivity contribution in [3.8, 4) is 11.5 Å². The third-order valence-corrected chi connectivity index (χ3v) is 3.24. The zero-order chi connectivity index (χ0) is 14.7. The van der Waals surface area contributed by atoms with Crippen molar-refractivity contribution in [1.82, 2.24) is 4.98 Å². The van der Waals surface area contributed by atoms with E-state index in [2.05, 4.69) is 15.5 Å². The highest BCUT2D eigenvalue weighted by atomic mass is 32.1. The van der Waals surface area contributed by atoms with Crippen LogP contribution in [0.2, 0.25) is 0 Å². The van der Waals surface area contributed by atoms with E-state index >= 15 is 0 Å². The molecular formula is C12H11N3O4S. The Kier molecular flexibility index (Phi) is 3.85. The van der Waals surface area contributed by atoms with Crippen LogP contribution in [0.15, 0.2) is 28.7 Å². The topological polar surface area (TPSA) is 115 Å². The van der Waals surface area contributed by atoms with Crippen molar-refractivity contribution < 1.29 is 20.2 Å². The molecule has 1 amide bonds. The third kappa shape index (κ3) is 2.86. The molecule has 4 N–H and O–H groups in total. The number of carbonyl (C=O) groups is 1. The average molecular weight is 293 g/mol. The van der Waals surface area contributed by atoms with Crippen molar-refractivity contribution in [2.24, 2.45) is 5.16 Å². The Bertz CT molecular complexity index is 681. The van der Waals surface area contributed by atoms with Crippen LogP contribution < -0.4 is 5.32 Å². The summed E-state index contributed by atoms with van der Waals surface area (Å²) < 4.78 is 0. The molecule has 20 heavy (non-hydrogen) atoms. The zero-order valence-corrected chi connectivity index (χ0v) is 11.2. The van der Waals surface area contributed by atoms with Gasteiger partial charge in [-0.3, -0.25) is 10.1 Å². The summed E-state index contributed by atoms with van der Waals surface area (Å²) in [5.74, 6) is -1.15. The van der Waals surface area contributed by atoms with Crippen molar-refractivity contribution in [2.75, 3.05) is 5.32 Å². The summed E-state index contributed by atoms with van der Waals surface area (Å²) in [6.07, 6.45) is 0. The number of nitrogens with one attached hydrogen (secondary N) is 1. The van der Waals surface area contributed by atoms with Gasteiger partial charge in [-0.05, 0) is 25.1 Å². The van der Waals surface area contributed by atoms with Gasteiger partial charge in [-0.25, -0.2) is 4.98 Å². The number of nitrogens with zero attached hydrogens (tertiary/aromatic N) is 2. The molecule has 0 unspecified atom stereocenters. The minimum Gasteiger partial charge on any atom is -0.504 e. The number of anilines is 1. The number of carbonyl (C=O) groups excluding carboxylic acids is 1. The predicted octanol–water partition coefficient (Wildman–Crippen LogP) is 2.00. The third-order valence-electron chi connectivity index (χ3n) is 2.48. The molecule has 0 saturated heterocycles. The van der Waals surface area contributed by atoms with Crippen molar-refractivity contribution in [1.29, 1.82) is 0 Å². The minimum atomic E-state index is -0.472. The van der Waals surface area contributed by atoms with Gasteiger partial charge < -0.3 is 15.4 Å². The Morgan fingerprint density at radius 1 is 1.35 bits per heavy atom. The van der Waals surface area contributed by atoms with Gasteiger partial charge in [0, 0.05) is 10.9 Å². The van der Waals surface area contributed by atoms with Gasteiger partial charge in [0.2, 0.25) is 0 Å². The highest BCUT2D eigenvalue weighted by Crippen LogP contribution is 2.25. The van der Waals surface area contributed by atoms with Crippen molar-refractivity contribution in [2.45, 2.75) is 6.92 Å². The van der Waals surface area contributed by atoms with E-state index in [1.165, 1.54) is 23.5 Å². The van der Waals surface area contributed by atoms with Crippen LogP contribution in [0.25, 0.3) is 0 Å². The molecule has 104 valence electrons. The summed E-state index contributed by atoms with van der Waals surface area (Å²) >= 11 is 1.18. The number of rotatable bonds is 3. The van der Waals surface area contributed by atoms with E-state index in [0.29, 0.717) is 16.5 Å². The molecule has 1 heterocycles. The number of phenolic OH excluding ortho intramolecular Hbond substituents is 2. The fraction of sp³-hybridized carbons (Fsp3) is 0.0833. The van der Waals surface area contributed by atoms with E-state index in [1.54, 1.807) is 12.3 Å². The van der Waals surface area contributed by atoms with Crippen LogP contribution in [0.1, 0.15) is 23.0 Å². The first-order valence-electron chi connectivity index (χ1n) is 5.49. The molecule has 8 heteroatoms. The van der Waals surface area contributed by atoms with Crippen LogP contribution in [0, 0.1) is 0 Å². The number of amides is 1. The van der Waals surface area contributed by atoms with Gasteiger partial charge in [0.25, 0.3) is 5.91 Å². The second-order valence-corrected chi connectivity index (χ2v) is 4.74. The minimum absolute atomic E-state index is 0.185.